The smallest absolute Gasteiger partial charge is 0.155 e. The maximum absolute atomic E-state index is 13.8. The molecule has 26 heavy (non-hydrogen) atoms. The maximum Gasteiger partial charge on any atom is 0.155 e. The lowest BCUT2D eigenvalue weighted by Crippen LogP contribution is -2.31. The van der Waals surface area contributed by atoms with E-state index >= 15 is 0 Å². The number of halogens is 2. The summed E-state index contributed by atoms with van der Waals surface area (Å²) in [4.78, 5) is 8.80. The van der Waals surface area contributed by atoms with Gasteiger partial charge in [0.1, 0.15) is 18.3 Å². The Morgan fingerprint density at radius 3 is 3.04 bits per heavy atom. The van der Waals surface area contributed by atoms with Crippen LogP contribution in [-0.4, -0.2) is 26.0 Å². The van der Waals surface area contributed by atoms with Crippen LogP contribution in [-0.2, 0) is 0 Å². The van der Waals surface area contributed by atoms with Gasteiger partial charge in [0.15, 0.2) is 5.65 Å². The molecule has 0 spiro atoms. The molecule has 2 aliphatic heterocycles. The van der Waals surface area contributed by atoms with E-state index in [1.54, 1.807) is 16.9 Å². The number of benzene rings is 1. The summed E-state index contributed by atoms with van der Waals surface area (Å²) in [6.45, 7) is 2.91. The van der Waals surface area contributed by atoms with Crippen LogP contribution in [0.4, 0.5) is 10.1 Å². The van der Waals surface area contributed by atoms with Crippen molar-refractivity contribution in [2.45, 2.75) is 25.9 Å². The van der Waals surface area contributed by atoms with E-state index in [1.807, 2.05) is 19.2 Å². The first kappa shape index (κ1) is 15.6. The highest BCUT2D eigenvalue weighted by Crippen LogP contribution is 2.44. The Labute approximate surface area is 155 Å². The highest BCUT2D eigenvalue weighted by atomic mass is 35.5. The van der Waals surface area contributed by atoms with Gasteiger partial charge < -0.3 is 9.80 Å². The first-order valence-electron chi connectivity index (χ1n) is 8.62. The van der Waals surface area contributed by atoms with Gasteiger partial charge in [-0.05, 0) is 49.6 Å². The molecule has 0 aliphatic carbocycles. The molecule has 0 saturated carbocycles. The Morgan fingerprint density at radius 1 is 1.27 bits per heavy atom. The summed E-state index contributed by atoms with van der Waals surface area (Å²) in [5, 5.41) is 4.40. The first-order valence-corrected chi connectivity index (χ1v) is 9.00. The fourth-order valence-electron chi connectivity index (χ4n) is 3.96. The highest BCUT2D eigenvalue weighted by molar-refractivity contribution is 6.31. The molecule has 0 radical (unpaired) electrons. The van der Waals surface area contributed by atoms with Crippen molar-refractivity contribution in [2.75, 3.05) is 11.4 Å². The van der Waals surface area contributed by atoms with E-state index < -0.39 is 0 Å². The summed E-state index contributed by atoms with van der Waals surface area (Å²) in [7, 11) is 0. The maximum atomic E-state index is 13.8. The molecule has 1 atom stereocenters. The van der Waals surface area contributed by atoms with Crippen molar-refractivity contribution in [3.63, 3.8) is 0 Å². The zero-order chi connectivity index (χ0) is 17.8. The van der Waals surface area contributed by atoms with Crippen LogP contribution in [0.25, 0.3) is 5.65 Å². The molecule has 1 unspecified atom stereocenters. The largest absolute Gasteiger partial charge is 0.349 e. The van der Waals surface area contributed by atoms with Gasteiger partial charge in [0.05, 0.1) is 5.02 Å². The quantitative estimate of drug-likeness (QED) is 0.675. The van der Waals surface area contributed by atoms with E-state index in [0.29, 0.717) is 0 Å². The summed E-state index contributed by atoms with van der Waals surface area (Å²) in [6.07, 6.45) is 7.92. The minimum atomic E-state index is -0.388. The summed E-state index contributed by atoms with van der Waals surface area (Å²) in [5.41, 5.74) is 5.00. The van der Waals surface area contributed by atoms with E-state index in [4.69, 9.17) is 11.6 Å². The van der Waals surface area contributed by atoms with Gasteiger partial charge in [0.25, 0.3) is 0 Å². The molecule has 0 amide bonds. The van der Waals surface area contributed by atoms with E-state index in [1.165, 1.54) is 11.8 Å². The van der Waals surface area contributed by atoms with Crippen molar-refractivity contribution < 1.29 is 4.39 Å². The second kappa shape index (κ2) is 5.71. The third-order valence-corrected chi connectivity index (χ3v) is 5.45. The number of aromatic nitrogens is 3. The lowest BCUT2D eigenvalue weighted by Gasteiger charge is -2.33. The van der Waals surface area contributed by atoms with Gasteiger partial charge in [-0.15, -0.1) is 0 Å². The number of anilines is 1. The topological polar surface area (TPSA) is 36.7 Å². The van der Waals surface area contributed by atoms with Crippen molar-refractivity contribution in [1.82, 2.24) is 19.5 Å². The first-order chi connectivity index (χ1) is 12.6. The van der Waals surface area contributed by atoms with Crippen LogP contribution in [0.5, 0.6) is 0 Å². The number of hydrogen-bond acceptors (Lipinski definition) is 4. The van der Waals surface area contributed by atoms with E-state index in [-0.39, 0.29) is 17.0 Å². The van der Waals surface area contributed by atoms with Crippen LogP contribution in [0, 0.1) is 12.7 Å². The zero-order valence-electron chi connectivity index (χ0n) is 14.2. The van der Waals surface area contributed by atoms with E-state index in [9.17, 15) is 4.39 Å². The molecular weight excluding hydrogens is 353 g/mol. The number of fused-ring (bicyclic) bond motifs is 2. The lowest BCUT2D eigenvalue weighted by atomic mass is 10.1. The molecule has 0 bridgehead atoms. The van der Waals surface area contributed by atoms with Crippen LogP contribution >= 0.6 is 11.6 Å². The Hall–Kier alpha value is -2.60. The van der Waals surface area contributed by atoms with Crippen molar-refractivity contribution in [2.24, 2.45) is 0 Å². The van der Waals surface area contributed by atoms with Gasteiger partial charge in [-0.25, -0.2) is 13.9 Å². The molecule has 1 aromatic carbocycles. The Bertz CT molecular complexity index is 1040. The average Bonchev–Trinajstić information content (AvgIpc) is 3.32. The summed E-state index contributed by atoms with van der Waals surface area (Å²) in [5.74, 6) is -0.388. The van der Waals surface area contributed by atoms with E-state index in [2.05, 4.69) is 32.1 Å². The van der Waals surface area contributed by atoms with Crippen molar-refractivity contribution >= 4 is 22.9 Å². The van der Waals surface area contributed by atoms with Gasteiger partial charge >= 0.3 is 0 Å². The summed E-state index contributed by atoms with van der Waals surface area (Å²) >= 11 is 6.08. The van der Waals surface area contributed by atoms with Crippen LogP contribution in [0.1, 0.15) is 30.1 Å². The van der Waals surface area contributed by atoms with Crippen molar-refractivity contribution in [1.29, 1.82) is 0 Å². The molecule has 1 saturated heterocycles. The van der Waals surface area contributed by atoms with E-state index in [0.717, 1.165) is 41.8 Å². The van der Waals surface area contributed by atoms with Crippen molar-refractivity contribution in [3.8, 4) is 0 Å². The van der Waals surface area contributed by atoms with Gasteiger partial charge in [-0.3, -0.25) is 0 Å². The highest BCUT2D eigenvalue weighted by Gasteiger charge is 2.37. The molecule has 2 aliphatic rings. The molecule has 2 aromatic heterocycles. The monoisotopic (exact) mass is 369 g/mol. The van der Waals surface area contributed by atoms with Crippen molar-refractivity contribution in [3.05, 3.63) is 70.7 Å². The van der Waals surface area contributed by atoms with Gasteiger partial charge in [-0.2, -0.15) is 5.10 Å². The lowest BCUT2D eigenvalue weighted by molar-refractivity contribution is 0.318. The van der Waals surface area contributed by atoms with Crippen LogP contribution < -0.4 is 4.90 Å². The Balaban J connectivity index is 1.65. The summed E-state index contributed by atoms with van der Waals surface area (Å²) < 4.78 is 15.6. The van der Waals surface area contributed by atoms with Crippen LogP contribution in [0.2, 0.25) is 5.02 Å². The SMILES string of the molecule is Cc1cc(F)c(Cl)cc1N1C=C2CCCN2C1c1ccc2ncnn2c1. The predicted molar refractivity (Wildman–Crippen MR) is 98.4 cm³/mol. The average molecular weight is 370 g/mol. The zero-order valence-corrected chi connectivity index (χ0v) is 15.0. The second-order valence-corrected chi connectivity index (χ2v) is 7.18. The number of allylic oxidation sites excluding steroid dienone is 1. The number of hydrogen-bond donors (Lipinski definition) is 0. The number of pyridine rings is 1. The van der Waals surface area contributed by atoms with Crippen LogP contribution in [0.3, 0.4) is 0 Å². The molecular formula is C19H17ClFN5. The number of rotatable bonds is 2. The molecule has 5 nitrogen and oxygen atoms in total. The fourth-order valence-corrected chi connectivity index (χ4v) is 4.12. The third kappa shape index (κ3) is 2.29. The number of nitrogens with zero attached hydrogens (tertiary/aromatic N) is 5. The standard InChI is InChI=1S/C19H17ClFN5/c1-12-7-16(21)15(20)8-17(12)25-10-14-3-2-6-24(14)19(25)13-4-5-18-22-11-23-26(18)9-13/h4-5,7-11,19H,2-3,6H2,1H3. The predicted octanol–water partition coefficient (Wildman–Crippen LogP) is 4.29. The second-order valence-electron chi connectivity index (χ2n) is 6.78. The number of aryl methyl sites for hydroxylation is 1. The molecule has 132 valence electrons. The minimum Gasteiger partial charge on any atom is -0.349 e. The molecule has 1 fully saturated rings. The normalized spacial score (nSPS) is 19.3. The van der Waals surface area contributed by atoms with Crippen LogP contribution in [0.15, 0.2) is 48.7 Å². The molecule has 5 rings (SSSR count). The molecule has 7 heteroatoms. The third-order valence-electron chi connectivity index (χ3n) is 5.16. The van der Waals surface area contributed by atoms with Gasteiger partial charge in [0, 0.05) is 35.9 Å². The fraction of sp³-hybridized carbons (Fsp3) is 0.263. The minimum absolute atomic E-state index is 0.00123. The Kier molecular flexibility index (Phi) is 3.43. The van der Waals surface area contributed by atoms with Gasteiger partial charge in [-0.1, -0.05) is 11.6 Å². The molecule has 0 N–H and O–H groups in total. The summed E-state index contributed by atoms with van der Waals surface area (Å²) in [6, 6.07) is 7.26. The Morgan fingerprint density at radius 2 is 2.15 bits per heavy atom. The molecule has 4 heterocycles. The van der Waals surface area contributed by atoms with Gasteiger partial charge in [0.2, 0.25) is 0 Å². The molecule has 3 aromatic rings.